The number of nitrogens with two attached hydrogens (primary N) is 1. The maximum atomic E-state index is 5.91. The van der Waals surface area contributed by atoms with Crippen LogP contribution in [0, 0.1) is 0 Å². The number of hydrogen-bond donors (Lipinski definition) is 1. The zero-order chi connectivity index (χ0) is 15.5. The van der Waals surface area contributed by atoms with Crippen molar-refractivity contribution >= 4 is 28.5 Å². The van der Waals surface area contributed by atoms with Crippen LogP contribution in [0.1, 0.15) is 45.9 Å². The number of nitrogens with zero attached hydrogens (tertiary/aromatic N) is 2. The minimum absolute atomic E-state index is 0.289. The molecule has 0 aliphatic carbocycles. The number of rotatable bonds is 7. The largest absolute Gasteiger partial charge is 0.399 e. The molecule has 0 saturated carbocycles. The van der Waals surface area contributed by atoms with Gasteiger partial charge in [-0.1, -0.05) is 20.8 Å². The van der Waals surface area contributed by atoms with Crippen LogP contribution in [0.2, 0.25) is 0 Å². The van der Waals surface area contributed by atoms with Crippen LogP contribution in [0.3, 0.4) is 0 Å². The van der Waals surface area contributed by atoms with E-state index in [2.05, 4.69) is 37.7 Å². The third kappa shape index (κ3) is 3.20. The van der Waals surface area contributed by atoms with Crippen LogP contribution in [0.25, 0.3) is 11.0 Å². The van der Waals surface area contributed by atoms with Crippen molar-refractivity contribution in [3.05, 3.63) is 24.0 Å². The van der Waals surface area contributed by atoms with Gasteiger partial charge < -0.3 is 10.3 Å². The van der Waals surface area contributed by atoms with Gasteiger partial charge in [0.1, 0.15) is 5.82 Å². The highest BCUT2D eigenvalue weighted by molar-refractivity contribution is 8.00. The summed E-state index contributed by atoms with van der Waals surface area (Å²) in [5.41, 5.74) is 8.94. The van der Waals surface area contributed by atoms with Crippen LogP contribution in [-0.4, -0.2) is 20.6 Å². The van der Waals surface area contributed by atoms with E-state index in [4.69, 9.17) is 10.7 Å². The molecular formula is C17H27N3S. The van der Waals surface area contributed by atoms with Crippen molar-refractivity contribution in [1.29, 1.82) is 0 Å². The Kier molecular flexibility index (Phi) is 5.20. The van der Waals surface area contributed by atoms with Gasteiger partial charge in [-0.05, 0) is 43.7 Å². The Morgan fingerprint density at radius 2 is 1.95 bits per heavy atom. The molecule has 116 valence electrons. The third-order valence-corrected chi connectivity index (χ3v) is 6.07. The van der Waals surface area contributed by atoms with Crippen molar-refractivity contribution in [3.8, 4) is 0 Å². The van der Waals surface area contributed by atoms with Crippen LogP contribution < -0.4 is 5.73 Å². The average Bonchev–Trinajstić information content (AvgIpc) is 2.82. The lowest BCUT2D eigenvalue weighted by Crippen LogP contribution is -2.29. The second-order valence-corrected chi connectivity index (χ2v) is 6.98. The summed E-state index contributed by atoms with van der Waals surface area (Å²) >= 11 is 1.98. The zero-order valence-electron chi connectivity index (χ0n) is 13.6. The Morgan fingerprint density at radius 3 is 2.52 bits per heavy atom. The highest BCUT2D eigenvalue weighted by Crippen LogP contribution is 2.34. The molecule has 2 N–H and O–H groups in total. The monoisotopic (exact) mass is 305 g/mol. The number of aryl methyl sites for hydroxylation is 1. The molecular weight excluding hydrogens is 278 g/mol. The van der Waals surface area contributed by atoms with Crippen molar-refractivity contribution < 1.29 is 0 Å². The minimum Gasteiger partial charge on any atom is -0.399 e. The lowest BCUT2D eigenvalue weighted by molar-refractivity contribution is 0.462. The Labute approximate surface area is 132 Å². The summed E-state index contributed by atoms with van der Waals surface area (Å²) in [7, 11) is 0. The molecule has 2 rings (SSSR count). The van der Waals surface area contributed by atoms with Crippen molar-refractivity contribution in [2.24, 2.45) is 0 Å². The molecule has 0 bridgehead atoms. The molecule has 0 fully saturated rings. The smallest absolute Gasteiger partial charge is 0.109 e. The standard InChI is InChI=1S/C17H27N3S/c1-5-8-16-19-14-11-13(18)9-10-15(14)20(16)12-17(6-2,7-3)21-4/h9-11H,5-8,12,18H2,1-4H3. The summed E-state index contributed by atoms with van der Waals surface area (Å²) in [6.07, 6.45) is 6.70. The number of fused-ring (bicyclic) bond motifs is 1. The van der Waals surface area contributed by atoms with E-state index in [9.17, 15) is 0 Å². The number of aromatic nitrogens is 2. The van der Waals surface area contributed by atoms with E-state index >= 15 is 0 Å². The number of thioether (sulfide) groups is 1. The number of benzene rings is 1. The molecule has 1 aromatic carbocycles. The molecule has 1 heterocycles. The molecule has 0 radical (unpaired) electrons. The molecule has 0 aliphatic rings. The fourth-order valence-electron chi connectivity index (χ4n) is 2.90. The topological polar surface area (TPSA) is 43.8 Å². The minimum atomic E-state index is 0.289. The summed E-state index contributed by atoms with van der Waals surface area (Å²) in [4.78, 5) is 4.82. The lowest BCUT2D eigenvalue weighted by atomic mass is 10.0. The van der Waals surface area contributed by atoms with Crippen LogP contribution in [0.15, 0.2) is 18.2 Å². The first-order chi connectivity index (χ1) is 10.1. The summed E-state index contributed by atoms with van der Waals surface area (Å²) in [5, 5.41) is 0. The molecule has 0 atom stereocenters. The highest BCUT2D eigenvalue weighted by Gasteiger charge is 2.27. The molecule has 1 aromatic heterocycles. The average molecular weight is 305 g/mol. The Bertz CT molecular complexity index is 591. The van der Waals surface area contributed by atoms with Crippen LogP contribution in [0.5, 0.6) is 0 Å². The van der Waals surface area contributed by atoms with Crippen molar-refractivity contribution in [2.75, 3.05) is 12.0 Å². The fraction of sp³-hybridized carbons (Fsp3) is 0.588. The zero-order valence-corrected chi connectivity index (χ0v) is 14.5. The number of anilines is 1. The first-order valence-corrected chi connectivity index (χ1v) is 9.11. The quantitative estimate of drug-likeness (QED) is 0.766. The molecule has 0 aliphatic heterocycles. The maximum Gasteiger partial charge on any atom is 0.109 e. The molecule has 0 saturated heterocycles. The summed E-state index contributed by atoms with van der Waals surface area (Å²) in [6.45, 7) is 7.81. The van der Waals surface area contributed by atoms with E-state index in [0.717, 1.165) is 30.6 Å². The number of nitrogen functional groups attached to an aromatic ring is 1. The van der Waals surface area contributed by atoms with Crippen LogP contribution in [0.4, 0.5) is 5.69 Å². The van der Waals surface area contributed by atoms with Gasteiger partial charge in [0, 0.05) is 23.4 Å². The number of hydrogen-bond acceptors (Lipinski definition) is 3. The molecule has 0 spiro atoms. The molecule has 0 unspecified atom stereocenters. The molecule has 21 heavy (non-hydrogen) atoms. The molecule has 4 heteroatoms. The van der Waals surface area contributed by atoms with Gasteiger partial charge in [0.25, 0.3) is 0 Å². The van der Waals surface area contributed by atoms with E-state index in [-0.39, 0.29) is 4.75 Å². The molecule has 0 amide bonds. The van der Waals surface area contributed by atoms with Crippen LogP contribution in [-0.2, 0) is 13.0 Å². The first kappa shape index (κ1) is 16.2. The van der Waals surface area contributed by atoms with Crippen molar-refractivity contribution in [2.45, 2.75) is 57.7 Å². The maximum absolute atomic E-state index is 5.91. The van der Waals surface area contributed by atoms with E-state index < -0.39 is 0 Å². The van der Waals surface area contributed by atoms with E-state index in [1.165, 1.54) is 24.2 Å². The SMILES string of the molecule is CCCc1nc2cc(N)ccc2n1CC(CC)(CC)SC. The number of imidazole rings is 1. The van der Waals surface area contributed by atoms with Gasteiger partial charge in [-0.15, -0.1) is 0 Å². The Hall–Kier alpha value is -1.16. The van der Waals surface area contributed by atoms with Gasteiger partial charge in [-0.3, -0.25) is 0 Å². The Balaban J connectivity index is 2.52. The van der Waals surface area contributed by atoms with E-state index in [1.807, 2.05) is 23.9 Å². The highest BCUT2D eigenvalue weighted by atomic mass is 32.2. The summed E-state index contributed by atoms with van der Waals surface area (Å²) in [6, 6.07) is 6.09. The normalized spacial score (nSPS) is 12.2. The van der Waals surface area contributed by atoms with Gasteiger partial charge in [-0.2, -0.15) is 11.8 Å². The van der Waals surface area contributed by atoms with Gasteiger partial charge in [0.2, 0.25) is 0 Å². The van der Waals surface area contributed by atoms with E-state index in [0.29, 0.717) is 0 Å². The third-order valence-electron chi connectivity index (χ3n) is 4.49. The van der Waals surface area contributed by atoms with Gasteiger partial charge in [0.15, 0.2) is 0 Å². The fourth-order valence-corrected chi connectivity index (χ4v) is 3.74. The molecule has 3 nitrogen and oxygen atoms in total. The second-order valence-electron chi connectivity index (χ2n) is 5.71. The molecule has 2 aromatic rings. The second kappa shape index (κ2) is 6.73. The van der Waals surface area contributed by atoms with Crippen molar-refractivity contribution in [1.82, 2.24) is 9.55 Å². The van der Waals surface area contributed by atoms with E-state index in [1.54, 1.807) is 0 Å². The lowest BCUT2D eigenvalue weighted by Gasteiger charge is -2.31. The van der Waals surface area contributed by atoms with Gasteiger partial charge in [0.05, 0.1) is 11.0 Å². The Morgan fingerprint density at radius 1 is 1.24 bits per heavy atom. The first-order valence-electron chi connectivity index (χ1n) is 7.89. The summed E-state index contributed by atoms with van der Waals surface area (Å²) in [5.74, 6) is 1.19. The van der Waals surface area contributed by atoms with Gasteiger partial charge in [-0.25, -0.2) is 4.98 Å². The van der Waals surface area contributed by atoms with Crippen LogP contribution >= 0.6 is 11.8 Å². The predicted octanol–water partition coefficient (Wildman–Crippen LogP) is 4.49. The summed E-state index contributed by atoms with van der Waals surface area (Å²) < 4.78 is 2.71. The van der Waals surface area contributed by atoms with Crippen molar-refractivity contribution in [3.63, 3.8) is 0 Å². The predicted molar refractivity (Wildman–Crippen MR) is 95.0 cm³/mol. The van der Waals surface area contributed by atoms with Gasteiger partial charge >= 0.3 is 0 Å².